The van der Waals surface area contributed by atoms with E-state index in [-0.39, 0.29) is 17.2 Å². The molecule has 0 radical (unpaired) electrons. The van der Waals surface area contributed by atoms with Gasteiger partial charge in [-0.15, -0.1) is 0 Å². The van der Waals surface area contributed by atoms with Crippen molar-refractivity contribution in [2.75, 3.05) is 18.4 Å². The van der Waals surface area contributed by atoms with Gasteiger partial charge in [0.2, 0.25) is 15.9 Å². The number of carbonyl (C=O) groups is 1. The van der Waals surface area contributed by atoms with Crippen LogP contribution in [0.25, 0.3) is 11.3 Å². The van der Waals surface area contributed by atoms with Gasteiger partial charge in [0, 0.05) is 30.5 Å². The summed E-state index contributed by atoms with van der Waals surface area (Å²) in [7, 11) is -3.47. The highest BCUT2D eigenvalue weighted by Gasteiger charge is 2.25. The summed E-state index contributed by atoms with van der Waals surface area (Å²) in [5.41, 5.74) is 3.11. The lowest BCUT2D eigenvalue weighted by Gasteiger charge is -2.25. The molecule has 0 bridgehead atoms. The predicted molar refractivity (Wildman–Crippen MR) is 124 cm³/mol. The Morgan fingerprint density at radius 2 is 1.78 bits per heavy atom. The van der Waals surface area contributed by atoms with Crippen molar-refractivity contribution in [1.82, 2.24) is 14.3 Å². The van der Waals surface area contributed by atoms with Crippen LogP contribution >= 0.6 is 0 Å². The average molecular weight is 451 g/mol. The maximum Gasteiger partial charge on any atom is 0.243 e. The number of nitrogens with one attached hydrogen (secondary N) is 1. The van der Waals surface area contributed by atoms with Crippen LogP contribution in [0.3, 0.4) is 0 Å². The lowest BCUT2D eigenvalue weighted by Crippen LogP contribution is -2.35. The molecule has 7 nitrogen and oxygen atoms in total. The van der Waals surface area contributed by atoms with E-state index in [4.69, 9.17) is 0 Å². The van der Waals surface area contributed by atoms with Gasteiger partial charge >= 0.3 is 0 Å². The molecule has 2 heterocycles. The number of nitrogens with zero attached hydrogens (tertiary/aromatic N) is 3. The molecule has 1 aromatic heterocycles. The van der Waals surface area contributed by atoms with E-state index in [1.165, 1.54) is 0 Å². The maximum atomic E-state index is 12.8. The first-order chi connectivity index (χ1) is 15.4. The van der Waals surface area contributed by atoms with Crippen LogP contribution in [-0.4, -0.2) is 41.7 Å². The zero-order valence-corrected chi connectivity index (χ0v) is 18.8. The Morgan fingerprint density at radius 1 is 1.03 bits per heavy atom. The number of aromatic nitrogens is 2. The van der Waals surface area contributed by atoms with E-state index < -0.39 is 10.0 Å². The van der Waals surface area contributed by atoms with E-state index in [1.807, 2.05) is 37.3 Å². The van der Waals surface area contributed by atoms with Gasteiger partial charge in [0.05, 0.1) is 17.0 Å². The summed E-state index contributed by atoms with van der Waals surface area (Å²) < 4.78 is 27.1. The smallest absolute Gasteiger partial charge is 0.243 e. The molecule has 4 rings (SSSR count). The van der Waals surface area contributed by atoms with Crippen molar-refractivity contribution < 1.29 is 13.2 Å². The molecule has 1 saturated heterocycles. The molecule has 0 saturated carbocycles. The fourth-order valence-corrected chi connectivity index (χ4v) is 5.31. The molecule has 1 aliphatic heterocycles. The van der Waals surface area contributed by atoms with E-state index in [2.05, 4.69) is 15.3 Å². The van der Waals surface area contributed by atoms with Gasteiger partial charge in [-0.1, -0.05) is 30.7 Å². The van der Waals surface area contributed by atoms with E-state index in [0.29, 0.717) is 24.6 Å². The molecule has 0 spiro atoms. The topological polar surface area (TPSA) is 92.3 Å². The maximum absolute atomic E-state index is 12.8. The van der Waals surface area contributed by atoms with Gasteiger partial charge in [0.25, 0.3) is 0 Å². The van der Waals surface area contributed by atoms with Gasteiger partial charge < -0.3 is 5.32 Å². The first-order valence-corrected chi connectivity index (χ1v) is 12.1. The zero-order valence-electron chi connectivity index (χ0n) is 18.0. The third kappa shape index (κ3) is 5.20. The number of sulfonamides is 1. The first kappa shape index (κ1) is 22.1. The van der Waals surface area contributed by atoms with Crippen molar-refractivity contribution in [3.05, 3.63) is 72.2 Å². The minimum absolute atomic E-state index is 0.154. The molecule has 1 fully saturated rings. The van der Waals surface area contributed by atoms with Crippen molar-refractivity contribution in [2.45, 2.75) is 37.5 Å². The number of amides is 1. The second-order valence-corrected chi connectivity index (χ2v) is 9.84. The van der Waals surface area contributed by atoms with Crippen LogP contribution in [0.15, 0.2) is 65.7 Å². The van der Waals surface area contributed by atoms with Crippen molar-refractivity contribution in [3.63, 3.8) is 0 Å². The summed E-state index contributed by atoms with van der Waals surface area (Å²) in [6.07, 6.45) is 4.73. The Hall–Kier alpha value is -3.10. The van der Waals surface area contributed by atoms with E-state index >= 15 is 0 Å². The number of anilines is 1. The molecule has 1 aliphatic rings. The Labute approximate surface area is 188 Å². The Bertz CT molecular complexity index is 1200. The number of piperidine rings is 1. The molecule has 1 N–H and O–H groups in total. The van der Waals surface area contributed by atoms with Gasteiger partial charge in [0.15, 0.2) is 0 Å². The summed E-state index contributed by atoms with van der Waals surface area (Å²) in [4.78, 5) is 21.4. The van der Waals surface area contributed by atoms with Crippen molar-refractivity contribution in [1.29, 1.82) is 0 Å². The lowest BCUT2D eigenvalue weighted by atomic mass is 10.1. The van der Waals surface area contributed by atoms with Crippen LogP contribution < -0.4 is 5.32 Å². The monoisotopic (exact) mass is 450 g/mol. The molecular weight excluding hydrogens is 424 g/mol. The van der Waals surface area contributed by atoms with Gasteiger partial charge in [-0.3, -0.25) is 4.79 Å². The lowest BCUT2D eigenvalue weighted by molar-refractivity contribution is -0.115. The zero-order chi connectivity index (χ0) is 22.6. The largest absolute Gasteiger partial charge is 0.326 e. The van der Waals surface area contributed by atoms with Crippen molar-refractivity contribution >= 4 is 21.6 Å². The van der Waals surface area contributed by atoms with Gasteiger partial charge in [-0.25, -0.2) is 18.4 Å². The number of hydrogen-bond acceptors (Lipinski definition) is 5. The molecule has 2 aromatic carbocycles. The van der Waals surface area contributed by atoms with Crippen LogP contribution in [-0.2, 0) is 21.2 Å². The van der Waals surface area contributed by atoms with Crippen LogP contribution in [0.4, 0.5) is 5.69 Å². The Kier molecular flexibility index (Phi) is 6.62. The molecule has 32 heavy (non-hydrogen) atoms. The molecule has 8 heteroatoms. The van der Waals surface area contributed by atoms with Crippen LogP contribution in [0.1, 0.15) is 30.7 Å². The summed E-state index contributed by atoms with van der Waals surface area (Å²) >= 11 is 0. The van der Waals surface area contributed by atoms with Crippen LogP contribution in [0.2, 0.25) is 0 Å². The highest BCUT2D eigenvalue weighted by molar-refractivity contribution is 7.89. The molecule has 0 unspecified atom stereocenters. The molecule has 1 amide bonds. The Balaban J connectivity index is 1.41. The first-order valence-electron chi connectivity index (χ1n) is 10.7. The number of rotatable bonds is 6. The summed E-state index contributed by atoms with van der Waals surface area (Å²) in [6.45, 7) is 2.97. The van der Waals surface area contributed by atoms with E-state index in [0.717, 1.165) is 36.1 Å². The average Bonchev–Trinajstić information content (AvgIpc) is 2.80. The molecule has 0 atom stereocenters. The quantitative estimate of drug-likeness (QED) is 0.617. The van der Waals surface area contributed by atoms with Crippen molar-refractivity contribution in [2.24, 2.45) is 0 Å². The third-order valence-corrected chi connectivity index (χ3v) is 7.37. The highest BCUT2D eigenvalue weighted by atomic mass is 32.2. The van der Waals surface area contributed by atoms with Gasteiger partial charge in [-0.2, -0.15) is 4.31 Å². The second-order valence-electron chi connectivity index (χ2n) is 7.90. The number of carbonyl (C=O) groups excluding carboxylic acids is 1. The van der Waals surface area contributed by atoms with E-state index in [1.54, 1.807) is 34.8 Å². The molecular formula is C24H26N4O3S. The SMILES string of the molecule is Cc1nccc(-c2cccc(NC(=O)Cc3ccc(S(=O)(=O)N4CCCCC4)cc3)c2)n1. The fourth-order valence-electron chi connectivity index (χ4n) is 3.80. The molecule has 0 aliphatic carbocycles. The highest BCUT2D eigenvalue weighted by Crippen LogP contribution is 2.22. The standard InChI is InChI=1S/C24H26N4O3S/c1-18-25-13-12-23(26-18)20-6-5-7-21(17-20)27-24(29)16-19-8-10-22(11-9-19)32(30,31)28-14-3-2-4-15-28/h5-13,17H,2-4,14-16H2,1H3,(H,27,29). The minimum Gasteiger partial charge on any atom is -0.326 e. The number of benzene rings is 2. The van der Waals surface area contributed by atoms with Gasteiger partial charge in [-0.05, 0) is 55.7 Å². The van der Waals surface area contributed by atoms with Crippen molar-refractivity contribution in [3.8, 4) is 11.3 Å². The Morgan fingerprint density at radius 3 is 2.50 bits per heavy atom. The third-order valence-electron chi connectivity index (χ3n) is 5.46. The summed E-state index contributed by atoms with van der Waals surface area (Å²) in [5, 5.41) is 2.90. The second kappa shape index (κ2) is 9.58. The molecule has 3 aromatic rings. The predicted octanol–water partition coefficient (Wildman–Crippen LogP) is 3.81. The normalized spacial score (nSPS) is 14.8. The number of hydrogen-bond donors (Lipinski definition) is 1. The summed E-state index contributed by atoms with van der Waals surface area (Å²) in [5.74, 6) is 0.510. The van der Waals surface area contributed by atoms with E-state index in [9.17, 15) is 13.2 Å². The van der Waals surface area contributed by atoms with Crippen LogP contribution in [0, 0.1) is 6.92 Å². The van der Waals surface area contributed by atoms with Crippen LogP contribution in [0.5, 0.6) is 0 Å². The number of aryl methyl sites for hydroxylation is 1. The fraction of sp³-hybridized carbons (Fsp3) is 0.292. The summed E-state index contributed by atoms with van der Waals surface area (Å²) in [6, 6.07) is 15.9. The molecule has 166 valence electrons. The van der Waals surface area contributed by atoms with Gasteiger partial charge in [0.1, 0.15) is 5.82 Å². The minimum atomic E-state index is -3.47.